The minimum absolute atomic E-state index is 0.220. The number of hydrogen-bond acceptors (Lipinski definition) is 4. The molecule has 1 aromatic heterocycles. The van der Waals surface area contributed by atoms with Crippen LogP contribution in [0, 0.1) is 3.57 Å². The van der Waals surface area contributed by atoms with Gasteiger partial charge < -0.3 is 10.3 Å². The Bertz CT molecular complexity index is 513. The Balaban J connectivity index is 2.46. The first-order valence-corrected chi connectivity index (χ1v) is 6.49. The highest BCUT2D eigenvalue weighted by atomic mass is 127. The number of aromatic nitrogens is 2. The number of halogens is 2. The second-order valence-corrected chi connectivity index (χ2v) is 5.45. The number of nitrogens with two attached hydrogens (primary N) is 1. The van der Waals surface area contributed by atoms with Crippen molar-refractivity contribution in [3.63, 3.8) is 0 Å². The molecule has 0 aliphatic carbocycles. The van der Waals surface area contributed by atoms with E-state index in [1.807, 2.05) is 25.1 Å². The number of hydrogen-bond donors (Lipinski definition) is 1. The summed E-state index contributed by atoms with van der Waals surface area (Å²) in [6.07, 6.45) is 0. The summed E-state index contributed by atoms with van der Waals surface area (Å²) in [5.74, 6) is 1.02. The zero-order valence-corrected chi connectivity index (χ0v) is 12.2. The van der Waals surface area contributed by atoms with Crippen LogP contribution in [-0.4, -0.2) is 10.1 Å². The first-order valence-electron chi connectivity index (χ1n) is 4.62. The van der Waals surface area contributed by atoms with Gasteiger partial charge in [0.25, 0.3) is 5.89 Å². The van der Waals surface area contributed by atoms with Gasteiger partial charge in [0.2, 0.25) is 0 Å². The predicted molar refractivity (Wildman–Crippen MR) is 72.8 cm³/mol. The maximum atomic E-state index is 5.68. The van der Waals surface area contributed by atoms with Crippen LogP contribution in [0.25, 0.3) is 11.5 Å². The van der Waals surface area contributed by atoms with E-state index < -0.39 is 0 Å². The Morgan fingerprint density at radius 3 is 2.88 bits per heavy atom. The minimum Gasteiger partial charge on any atom is -0.334 e. The molecule has 0 saturated carbocycles. The van der Waals surface area contributed by atoms with E-state index in [0.717, 1.165) is 13.6 Å². The summed E-state index contributed by atoms with van der Waals surface area (Å²) < 4.78 is 7.21. The van der Waals surface area contributed by atoms with Crippen LogP contribution in [-0.2, 0) is 0 Å². The number of benzene rings is 1. The molecule has 0 spiro atoms. The van der Waals surface area contributed by atoms with Gasteiger partial charge in [-0.05, 0) is 47.7 Å². The van der Waals surface area contributed by atoms with E-state index in [-0.39, 0.29) is 6.04 Å². The quantitative estimate of drug-likeness (QED) is 0.796. The van der Waals surface area contributed by atoms with Crippen LogP contribution in [0.2, 0.25) is 0 Å². The van der Waals surface area contributed by atoms with Crippen molar-refractivity contribution >= 4 is 38.5 Å². The highest BCUT2D eigenvalue weighted by molar-refractivity contribution is 14.1. The van der Waals surface area contributed by atoms with Crippen molar-refractivity contribution in [2.75, 3.05) is 0 Å². The second-order valence-electron chi connectivity index (χ2n) is 3.37. The van der Waals surface area contributed by atoms with E-state index in [0.29, 0.717) is 11.7 Å². The maximum absolute atomic E-state index is 5.68. The molecule has 16 heavy (non-hydrogen) atoms. The van der Waals surface area contributed by atoms with Gasteiger partial charge >= 0.3 is 0 Å². The van der Waals surface area contributed by atoms with Gasteiger partial charge in [-0.15, -0.1) is 0 Å². The minimum atomic E-state index is -0.220. The fourth-order valence-electron chi connectivity index (χ4n) is 1.19. The van der Waals surface area contributed by atoms with Crippen molar-refractivity contribution in [2.24, 2.45) is 5.73 Å². The zero-order valence-electron chi connectivity index (χ0n) is 8.45. The van der Waals surface area contributed by atoms with Gasteiger partial charge in [0.1, 0.15) is 0 Å². The third-order valence-corrected chi connectivity index (χ3v) is 3.44. The van der Waals surface area contributed by atoms with Crippen molar-refractivity contribution in [3.8, 4) is 11.5 Å². The SMILES string of the molecule is CC(N)c1noc(-c2cc(Br)ccc2I)n1. The summed E-state index contributed by atoms with van der Waals surface area (Å²) in [7, 11) is 0. The van der Waals surface area contributed by atoms with E-state index in [4.69, 9.17) is 10.3 Å². The molecule has 0 amide bonds. The van der Waals surface area contributed by atoms with Gasteiger partial charge in [-0.2, -0.15) is 4.98 Å². The lowest BCUT2D eigenvalue weighted by atomic mass is 10.2. The molecule has 1 heterocycles. The van der Waals surface area contributed by atoms with Crippen LogP contribution < -0.4 is 5.73 Å². The van der Waals surface area contributed by atoms with Gasteiger partial charge in [-0.3, -0.25) is 0 Å². The molecule has 0 fully saturated rings. The molecule has 0 aliphatic heterocycles. The molecule has 0 radical (unpaired) electrons. The van der Waals surface area contributed by atoms with Gasteiger partial charge in [-0.1, -0.05) is 21.1 Å². The molecule has 84 valence electrons. The van der Waals surface area contributed by atoms with Crippen molar-refractivity contribution in [2.45, 2.75) is 13.0 Å². The Morgan fingerprint density at radius 1 is 1.50 bits per heavy atom. The molecule has 1 atom stereocenters. The molecule has 4 nitrogen and oxygen atoms in total. The van der Waals surface area contributed by atoms with E-state index in [1.165, 1.54) is 0 Å². The Kier molecular flexibility index (Phi) is 3.60. The number of nitrogens with zero attached hydrogens (tertiary/aromatic N) is 2. The van der Waals surface area contributed by atoms with Crippen LogP contribution in [0.5, 0.6) is 0 Å². The van der Waals surface area contributed by atoms with Crippen LogP contribution >= 0.6 is 38.5 Å². The summed E-state index contributed by atoms with van der Waals surface area (Å²) >= 11 is 5.64. The molecule has 0 saturated heterocycles. The van der Waals surface area contributed by atoms with E-state index in [1.54, 1.807) is 0 Å². The fourth-order valence-corrected chi connectivity index (χ4v) is 2.12. The van der Waals surface area contributed by atoms with Crippen molar-refractivity contribution < 1.29 is 4.52 Å². The molecule has 6 heteroatoms. The standard InChI is InChI=1S/C10H9BrIN3O/c1-5(13)9-14-10(16-15-9)7-4-6(11)2-3-8(7)12/h2-5H,13H2,1H3. The highest BCUT2D eigenvalue weighted by Crippen LogP contribution is 2.27. The molecule has 1 unspecified atom stereocenters. The second kappa shape index (κ2) is 4.80. The zero-order chi connectivity index (χ0) is 11.7. The summed E-state index contributed by atoms with van der Waals surface area (Å²) in [5.41, 5.74) is 6.59. The molecular formula is C10H9BrIN3O. The van der Waals surface area contributed by atoms with E-state index in [2.05, 4.69) is 48.7 Å². The van der Waals surface area contributed by atoms with Gasteiger partial charge in [0, 0.05) is 8.04 Å². The lowest BCUT2D eigenvalue weighted by molar-refractivity contribution is 0.418. The maximum Gasteiger partial charge on any atom is 0.259 e. The topological polar surface area (TPSA) is 64.9 Å². The Hall–Kier alpha value is -0.470. The van der Waals surface area contributed by atoms with Crippen molar-refractivity contribution in [3.05, 3.63) is 32.1 Å². The molecular weight excluding hydrogens is 385 g/mol. The molecule has 1 aromatic carbocycles. The van der Waals surface area contributed by atoms with Gasteiger partial charge in [0.15, 0.2) is 5.82 Å². The first-order chi connectivity index (χ1) is 7.58. The largest absolute Gasteiger partial charge is 0.334 e. The molecule has 2 rings (SSSR count). The third-order valence-electron chi connectivity index (χ3n) is 2.01. The lowest BCUT2D eigenvalue weighted by Gasteiger charge is -1.99. The summed E-state index contributed by atoms with van der Waals surface area (Å²) in [5, 5.41) is 3.83. The predicted octanol–water partition coefficient (Wildman–Crippen LogP) is 3.12. The van der Waals surface area contributed by atoms with Crippen LogP contribution in [0.4, 0.5) is 0 Å². The summed E-state index contributed by atoms with van der Waals surface area (Å²) in [6.45, 7) is 1.82. The lowest BCUT2D eigenvalue weighted by Crippen LogP contribution is -2.06. The first kappa shape index (κ1) is 12.0. The summed E-state index contributed by atoms with van der Waals surface area (Å²) in [4.78, 5) is 4.25. The third kappa shape index (κ3) is 2.44. The van der Waals surface area contributed by atoms with Crippen molar-refractivity contribution in [1.82, 2.24) is 10.1 Å². The molecule has 0 bridgehead atoms. The van der Waals surface area contributed by atoms with Crippen LogP contribution in [0.3, 0.4) is 0 Å². The highest BCUT2D eigenvalue weighted by Gasteiger charge is 2.14. The molecule has 2 N–H and O–H groups in total. The molecule has 2 aromatic rings. The number of rotatable bonds is 2. The fraction of sp³-hybridized carbons (Fsp3) is 0.200. The monoisotopic (exact) mass is 393 g/mol. The van der Waals surface area contributed by atoms with Crippen LogP contribution in [0.15, 0.2) is 27.2 Å². The smallest absolute Gasteiger partial charge is 0.259 e. The van der Waals surface area contributed by atoms with Gasteiger partial charge in [0.05, 0.1) is 11.6 Å². The van der Waals surface area contributed by atoms with Crippen LogP contribution in [0.1, 0.15) is 18.8 Å². The Morgan fingerprint density at radius 2 is 2.25 bits per heavy atom. The average molecular weight is 394 g/mol. The summed E-state index contributed by atoms with van der Waals surface area (Å²) in [6, 6.07) is 5.67. The van der Waals surface area contributed by atoms with Gasteiger partial charge in [-0.25, -0.2) is 0 Å². The normalized spacial score (nSPS) is 12.8. The van der Waals surface area contributed by atoms with E-state index >= 15 is 0 Å². The van der Waals surface area contributed by atoms with E-state index in [9.17, 15) is 0 Å². The Labute approximate surface area is 115 Å². The average Bonchev–Trinajstić information content (AvgIpc) is 2.70. The van der Waals surface area contributed by atoms with Crippen molar-refractivity contribution in [1.29, 1.82) is 0 Å². The molecule has 0 aliphatic rings.